The lowest BCUT2D eigenvalue weighted by molar-refractivity contribution is 0.100. The van der Waals surface area contributed by atoms with E-state index in [1.54, 1.807) is 12.3 Å². The van der Waals surface area contributed by atoms with Gasteiger partial charge in [-0.1, -0.05) is 17.4 Å². The van der Waals surface area contributed by atoms with Crippen molar-refractivity contribution >= 4 is 28.8 Å². The van der Waals surface area contributed by atoms with Crippen LogP contribution < -0.4 is 10.5 Å². The Morgan fingerprint density at radius 1 is 1.32 bits per heavy atom. The van der Waals surface area contributed by atoms with Gasteiger partial charge in [-0.25, -0.2) is 9.36 Å². The molecule has 1 amide bonds. The van der Waals surface area contributed by atoms with Crippen LogP contribution in [0.5, 0.6) is 10.9 Å². The number of carbonyl (C=O) groups is 1. The van der Waals surface area contributed by atoms with Gasteiger partial charge in [0, 0.05) is 18.5 Å². The molecular weight excluding hydrogens is 318 g/mol. The first kappa shape index (κ1) is 13.4. The monoisotopic (exact) mass is 329 g/mol. The van der Waals surface area contributed by atoms with E-state index in [1.165, 1.54) is 28.4 Å². The molecule has 1 aliphatic carbocycles. The predicted octanol–water partition coefficient (Wildman–Crippen LogP) is 3.26. The largest absolute Gasteiger partial charge is 0.428 e. The number of thiophene rings is 1. The molecule has 0 fully saturated rings. The highest BCUT2D eigenvalue weighted by Gasteiger charge is 2.30. The highest BCUT2D eigenvalue weighted by molar-refractivity contribution is 7.17. The average Bonchev–Trinajstić information content (AvgIpc) is 3.12. The van der Waals surface area contributed by atoms with E-state index in [1.807, 2.05) is 18.3 Å². The summed E-state index contributed by atoms with van der Waals surface area (Å²) in [4.78, 5) is 17.5. The third-order valence-electron chi connectivity index (χ3n) is 3.55. The van der Waals surface area contributed by atoms with Crippen LogP contribution in [0.4, 0.5) is 0 Å². The molecule has 0 bridgehead atoms. The van der Waals surface area contributed by atoms with Gasteiger partial charge in [-0.3, -0.25) is 4.79 Å². The van der Waals surface area contributed by atoms with Gasteiger partial charge in [0.05, 0.1) is 15.3 Å². The Morgan fingerprint density at radius 2 is 2.23 bits per heavy atom. The fourth-order valence-electron chi connectivity index (χ4n) is 2.59. The minimum absolute atomic E-state index is 0.412. The fourth-order valence-corrected chi connectivity index (χ4v) is 4.58. The Hall–Kier alpha value is -2.25. The van der Waals surface area contributed by atoms with Gasteiger partial charge in [-0.15, -0.1) is 0 Å². The molecule has 3 aromatic heterocycles. The Morgan fingerprint density at radius 3 is 3.00 bits per heavy atom. The van der Waals surface area contributed by atoms with Gasteiger partial charge in [0.2, 0.25) is 5.88 Å². The number of aryl methyl sites for hydroxylation is 1. The predicted molar refractivity (Wildman–Crippen MR) is 85.7 cm³/mol. The van der Waals surface area contributed by atoms with Crippen LogP contribution >= 0.6 is 22.9 Å². The number of ether oxygens (including phenoxy) is 1. The molecule has 2 N–H and O–H groups in total. The number of rotatable bonds is 3. The molecule has 22 heavy (non-hydrogen) atoms. The first-order valence-corrected chi connectivity index (χ1v) is 8.31. The Balaban J connectivity index is 1.88. The second kappa shape index (κ2) is 5.19. The lowest BCUT2D eigenvalue weighted by Gasteiger charge is -2.13. The summed E-state index contributed by atoms with van der Waals surface area (Å²) >= 11 is 2.71. The summed E-state index contributed by atoms with van der Waals surface area (Å²) in [5, 5.41) is 0.660. The smallest absolute Gasteiger partial charge is 0.259 e. The van der Waals surface area contributed by atoms with Crippen molar-refractivity contribution in [2.24, 2.45) is 5.73 Å². The summed E-state index contributed by atoms with van der Waals surface area (Å²) in [5.74, 6) is 0.0873. The van der Waals surface area contributed by atoms with E-state index in [4.69, 9.17) is 10.5 Å². The van der Waals surface area contributed by atoms with Crippen molar-refractivity contribution in [1.82, 2.24) is 9.36 Å². The van der Waals surface area contributed by atoms with Gasteiger partial charge in [0.15, 0.2) is 5.06 Å². The molecule has 4 rings (SSSR count). The van der Waals surface area contributed by atoms with E-state index in [9.17, 15) is 4.79 Å². The lowest BCUT2D eigenvalue weighted by atomic mass is 9.93. The minimum atomic E-state index is -0.412. The normalized spacial score (nSPS) is 12.5. The topological polar surface area (TPSA) is 78.1 Å². The summed E-state index contributed by atoms with van der Waals surface area (Å²) in [7, 11) is 0. The SMILES string of the molecule is NC(=O)c1sc(Oc2ccccn2)c2c1CCc1cnsc1-2. The van der Waals surface area contributed by atoms with Gasteiger partial charge >= 0.3 is 0 Å². The molecule has 0 unspecified atom stereocenters. The first-order chi connectivity index (χ1) is 10.7. The number of aromatic nitrogens is 2. The molecule has 110 valence electrons. The third kappa shape index (κ3) is 2.10. The van der Waals surface area contributed by atoms with Crippen molar-refractivity contribution in [3.8, 4) is 21.4 Å². The summed E-state index contributed by atoms with van der Waals surface area (Å²) in [6.45, 7) is 0. The van der Waals surface area contributed by atoms with Gasteiger partial charge in [0.25, 0.3) is 5.91 Å². The molecule has 0 saturated heterocycles. The lowest BCUT2D eigenvalue weighted by Crippen LogP contribution is -2.12. The van der Waals surface area contributed by atoms with Crippen LogP contribution in [-0.2, 0) is 12.8 Å². The Labute approximate surface area is 134 Å². The first-order valence-electron chi connectivity index (χ1n) is 6.72. The number of primary amides is 1. The summed E-state index contributed by atoms with van der Waals surface area (Å²) in [5.41, 5.74) is 8.64. The average molecular weight is 329 g/mol. The van der Waals surface area contributed by atoms with Crippen molar-refractivity contribution in [3.05, 3.63) is 46.6 Å². The minimum Gasteiger partial charge on any atom is -0.428 e. The number of pyridine rings is 1. The zero-order valence-corrected chi connectivity index (χ0v) is 13.0. The van der Waals surface area contributed by atoms with E-state index in [0.717, 1.165) is 28.8 Å². The molecule has 3 heterocycles. The number of nitrogens with two attached hydrogens (primary N) is 1. The molecule has 0 aromatic carbocycles. The van der Waals surface area contributed by atoms with Gasteiger partial charge in [-0.05, 0) is 41.6 Å². The molecule has 0 saturated carbocycles. The summed E-state index contributed by atoms with van der Waals surface area (Å²) in [6, 6.07) is 5.47. The number of hydrogen-bond donors (Lipinski definition) is 1. The number of fused-ring (bicyclic) bond motifs is 3. The molecule has 0 aliphatic heterocycles. The zero-order chi connectivity index (χ0) is 15.1. The molecule has 0 atom stereocenters. The maximum Gasteiger partial charge on any atom is 0.259 e. The molecule has 5 nitrogen and oxygen atoms in total. The second-order valence-corrected chi connectivity index (χ2v) is 6.67. The standard InChI is InChI=1S/C15H11N3O2S2/c16-14(19)13-9-5-4-8-7-18-22-12(8)11(9)15(21-13)20-10-3-1-2-6-17-10/h1-3,6-7H,4-5H2,(H2,16,19). The van der Waals surface area contributed by atoms with Gasteiger partial charge in [0.1, 0.15) is 0 Å². The van der Waals surface area contributed by atoms with E-state index >= 15 is 0 Å². The van der Waals surface area contributed by atoms with Crippen LogP contribution in [0.1, 0.15) is 20.8 Å². The van der Waals surface area contributed by atoms with Crippen LogP contribution in [0.15, 0.2) is 30.6 Å². The summed E-state index contributed by atoms with van der Waals surface area (Å²) < 4.78 is 10.2. The van der Waals surface area contributed by atoms with Crippen molar-refractivity contribution < 1.29 is 9.53 Å². The van der Waals surface area contributed by atoms with E-state index < -0.39 is 5.91 Å². The van der Waals surface area contributed by atoms with E-state index in [0.29, 0.717) is 15.8 Å². The van der Waals surface area contributed by atoms with Gasteiger partial charge in [-0.2, -0.15) is 0 Å². The molecule has 0 radical (unpaired) electrons. The van der Waals surface area contributed by atoms with Crippen LogP contribution in [0.25, 0.3) is 10.4 Å². The van der Waals surface area contributed by atoms with Crippen molar-refractivity contribution in [1.29, 1.82) is 0 Å². The quantitative estimate of drug-likeness (QED) is 0.800. The maximum absolute atomic E-state index is 11.7. The second-order valence-electron chi connectivity index (χ2n) is 4.89. The Kier molecular flexibility index (Phi) is 3.16. The molecule has 1 aliphatic rings. The van der Waals surface area contributed by atoms with Crippen molar-refractivity contribution in [3.63, 3.8) is 0 Å². The third-order valence-corrected chi connectivity index (χ3v) is 5.53. The zero-order valence-electron chi connectivity index (χ0n) is 11.4. The highest BCUT2D eigenvalue weighted by atomic mass is 32.1. The molecule has 0 spiro atoms. The number of hydrogen-bond acceptors (Lipinski definition) is 6. The number of carbonyl (C=O) groups excluding carboxylic acids is 1. The fraction of sp³-hybridized carbons (Fsp3) is 0.133. The van der Waals surface area contributed by atoms with Crippen LogP contribution in [-0.4, -0.2) is 15.3 Å². The van der Waals surface area contributed by atoms with E-state index in [-0.39, 0.29) is 0 Å². The highest BCUT2D eigenvalue weighted by Crippen LogP contribution is 2.49. The van der Waals surface area contributed by atoms with Crippen LogP contribution in [0.2, 0.25) is 0 Å². The van der Waals surface area contributed by atoms with Crippen LogP contribution in [0.3, 0.4) is 0 Å². The number of nitrogens with zero attached hydrogens (tertiary/aromatic N) is 2. The molecule has 7 heteroatoms. The Bertz CT molecular complexity index is 855. The van der Waals surface area contributed by atoms with Crippen LogP contribution in [0, 0.1) is 0 Å². The van der Waals surface area contributed by atoms with E-state index in [2.05, 4.69) is 9.36 Å². The summed E-state index contributed by atoms with van der Waals surface area (Å²) in [6.07, 6.45) is 5.21. The van der Waals surface area contributed by atoms with Crippen molar-refractivity contribution in [2.75, 3.05) is 0 Å². The molecule has 3 aromatic rings. The number of amides is 1. The van der Waals surface area contributed by atoms with Crippen molar-refractivity contribution in [2.45, 2.75) is 12.8 Å². The maximum atomic E-state index is 11.7. The molecular formula is C15H11N3O2S2. The van der Waals surface area contributed by atoms with Gasteiger partial charge < -0.3 is 10.5 Å².